The molecule has 3 fully saturated rings. The molecule has 2 aliphatic heterocycles. The summed E-state index contributed by atoms with van der Waals surface area (Å²) in [4.78, 5) is 59.3. The molecule has 6 atom stereocenters. The maximum absolute atomic E-state index is 15.4. The number of hydrogen-bond donors (Lipinski definition) is 2. The molecule has 2 saturated heterocycles. The van der Waals surface area contributed by atoms with Crippen LogP contribution in [0.15, 0.2) is 90.5 Å². The number of fused-ring (bicyclic) bond motifs is 4. The number of hydrazine groups is 1. The Kier molecular flexibility index (Phi) is 9.58. The summed E-state index contributed by atoms with van der Waals surface area (Å²) in [5, 5.41) is 11.8. The predicted octanol–water partition coefficient (Wildman–Crippen LogP) is 9.24. The summed E-state index contributed by atoms with van der Waals surface area (Å²) in [6.45, 7) is 1.63. The lowest BCUT2D eigenvalue weighted by atomic mass is 9.49. The van der Waals surface area contributed by atoms with Gasteiger partial charge in [-0.15, -0.1) is 0 Å². The van der Waals surface area contributed by atoms with E-state index in [0.29, 0.717) is 45.0 Å². The second-order valence-corrected chi connectivity index (χ2v) is 15.9. The number of anilines is 2. The lowest BCUT2D eigenvalue weighted by Gasteiger charge is -2.50. The molecule has 0 aromatic heterocycles. The van der Waals surface area contributed by atoms with Crippen LogP contribution in [0.2, 0.25) is 10.0 Å². The molecule has 4 amide bonds. The van der Waals surface area contributed by atoms with Gasteiger partial charge in [-0.3, -0.25) is 24.6 Å². The van der Waals surface area contributed by atoms with Crippen LogP contribution < -0.4 is 15.1 Å². The number of amides is 4. The van der Waals surface area contributed by atoms with Gasteiger partial charge in [-0.05, 0) is 97.0 Å². The van der Waals surface area contributed by atoms with Crippen molar-refractivity contribution in [2.24, 2.45) is 23.7 Å². The molecule has 0 spiro atoms. The summed E-state index contributed by atoms with van der Waals surface area (Å²) in [7, 11) is 1.45. The second-order valence-electron chi connectivity index (χ2n) is 15.0. The Bertz CT molecular complexity index is 2460. The molecule has 0 radical (unpaired) electrons. The monoisotopic (exact) mass is 857 g/mol. The first-order valence-electron chi connectivity index (χ1n) is 18.2. The maximum atomic E-state index is 15.4. The van der Waals surface area contributed by atoms with Crippen LogP contribution in [0, 0.1) is 30.6 Å². The number of phenolic OH excluding ortho intramolecular Hbond substituents is 1. The normalized spacial score (nSPS) is 25.5. The first-order valence-corrected chi connectivity index (χ1v) is 18.9. The highest BCUT2D eigenvalue weighted by Crippen LogP contribution is 2.64. The third kappa shape index (κ3) is 6.31. The zero-order valence-electron chi connectivity index (χ0n) is 30.8. The van der Waals surface area contributed by atoms with Crippen molar-refractivity contribution >= 4 is 58.2 Å². The molecule has 306 valence electrons. The molecule has 2 N–H and O–H groups in total. The fourth-order valence-corrected chi connectivity index (χ4v) is 9.85. The molecule has 2 heterocycles. The lowest BCUT2D eigenvalue weighted by Crippen LogP contribution is -2.53. The Morgan fingerprint density at radius 1 is 0.814 bits per heavy atom. The highest BCUT2D eigenvalue weighted by Gasteiger charge is 2.70. The fraction of sp³-hybridized carbons (Fsp3) is 0.286. The summed E-state index contributed by atoms with van der Waals surface area (Å²) in [5.74, 6) is -9.02. The molecular weight excluding hydrogens is 827 g/mol. The SMILES string of the molecule is COc1ccc([C@@]23C(=O)N(Nc4ccc(Cl)cc4Cl)C(=O)[C@@H]2C[C@@H]2C(=CC[C@@H]4C(=O)N(c5cc(C(F)(F)F)cc(C(F)(F)F)c5)C(=O)[C@@H]42)[C@@H]3c2ccc(O)c(C)c2)cc1. The largest absolute Gasteiger partial charge is 0.508 e. The van der Waals surface area contributed by atoms with Crippen molar-refractivity contribution in [2.45, 2.75) is 43.5 Å². The average Bonchev–Trinajstić information content (AvgIpc) is 3.56. The third-order valence-electron chi connectivity index (χ3n) is 12.0. The number of nitrogens with one attached hydrogen (secondary N) is 1. The van der Waals surface area contributed by atoms with Gasteiger partial charge in [-0.25, -0.2) is 4.90 Å². The molecular formula is C42H31Cl2F6N3O6. The molecule has 8 rings (SSSR count). The lowest BCUT2D eigenvalue weighted by molar-refractivity contribution is -0.143. The van der Waals surface area contributed by atoms with Crippen molar-refractivity contribution in [2.75, 3.05) is 17.4 Å². The quantitative estimate of drug-likeness (QED) is 0.113. The van der Waals surface area contributed by atoms with Gasteiger partial charge in [0, 0.05) is 10.9 Å². The molecule has 0 bridgehead atoms. The Labute approximate surface area is 342 Å². The van der Waals surface area contributed by atoms with Crippen molar-refractivity contribution in [3.05, 3.63) is 128 Å². The van der Waals surface area contributed by atoms with Crippen LogP contribution in [0.5, 0.6) is 11.5 Å². The number of alkyl halides is 6. The number of phenols is 1. The predicted molar refractivity (Wildman–Crippen MR) is 202 cm³/mol. The van der Waals surface area contributed by atoms with Crippen LogP contribution in [0.1, 0.15) is 46.6 Å². The number of aryl methyl sites for hydroxylation is 1. The van der Waals surface area contributed by atoms with Gasteiger partial charge in [0.1, 0.15) is 11.5 Å². The minimum atomic E-state index is -5.25. The van der Waals surface area contributed by atoms with Gasteiger partial charge in [0.2, 0.25) is 11.8 Å². The zero-order chi connectivity index (χ0) is 42.5. The highest BCUT2D eigenvalue weighted by atomic mass is 35.5. The topological polar surface area (TPSA) is 116 Å². The summed E-state index contributed by atoms with van der Waals surface area (Å²) < 4.78 is 89.1. The van der Waals surface area contributed by atoms with Crippen LogP contribution >= 0.6 is 23.2 Å². The number of methoxy groups -OCH3 is 1. The van der Waals surface area contributed by atoms with Crippen molar-refractivity contribution in [1.82, 2.24) is 5.01 Å². The molecule has 1 saturated carbocycles. The van der Waals surface area contributed by atoms with E-state index in [-0.39, 0.29) is 40.4 Å². The minimum Gasteiger partial charge on any atom is -0.508 e. The number of carbonyl (C=O) groups is 4. The number of ether oxygens (including phenoxy) is 1. The number of imide groups is 2. The van der Waals surface area contributed by atoms with Crippen LogP contribution in [0.25, 0.3) is 0 Å². The zero-order valence-corrected chi connectivity index (χ0v) is 32.3. The third-order valence-corrected chi connectivity index (χ3v) is 12.5. The number of benzene rings is 4. The standard InChI is InChI=1S/C42H31Cl2F6N3O6/c1-19-13-20(3-12-33(19)54)35-27-9-10-28-34(38(57)52(36(28)55)25-15-22(41(45,46)47)14-23(16-25)42(48,49)50)29(27)18-30-37(56)53(51-32-11-6-24(43)17-31(32)44)39(58)40(30,35)21-4-7-26(59-2)8-5-21/h3-9,11-17,28-30,34-35,51,54H,10,18H2,1-2H3/t28-,29+,30-,34-,35-,40+/m0/s1. The van der Waals surface area contributed by atoms with E-state index in [1.54, 1.807) is 49.4 Å². The van der Waals surface area contributed by atoms with E-state index in [9.17, 15) is 45.8 Å². The van der Waals surface area contributed by atoms with E-state index < -0.39 is 87.8 Å². The van der Waals surface area contributed by atoms with Crippen molar-refractivity contribution in [3.63, 3.8) is 0 Å². The van der Waals surface area contributed by atoms with Gasteiger partial charge in [0.05, 0.1) is 57.8 Å². The highest BCUT2D eigenvalue weighted by molar-refractivity contribution is 6.36. The van der Waals surface area contributed by atoms with Crippen LogP contribution in [0.4, 0.5) is 37.7 Å². The Morgan fingerprint density at radius 2 is 1.47 bits per heavy atom. The average molecular weight is 859 g/mol. The summed E-state index contributed by atoms with van der Waals surface area (Å²) in [6, 6.07) is 16.1. The number of aromatic hydroxyl groups is 1. The van der Waals surface area contributed by atoms with Gasteiger partial charge < -0.3 is 9.84 Å². The molecule has 4 aromatic rings. The van der Waals surface area contributed by atoms with E-state index >= 15 is 4.79 Å². The molecule has 59 heavy (non-hydrogen) atoms. The van der Waals surface area contributed by atoms with Crippen LogP contribution in [-0.2, 0) is 36.9 Å². The van der Waals surface area contributed by atoms with Gasteiger partial charge in [0.15, 0.2) is 0 Å². The molecule has 17 heteroatoms. The number of rotatable bonds is 6. The van der Waals surface area contributed by atoms with Gasteiger partial charge in [0.25, 0.3) is 11.8 Å². The van der Waals surface area contributed by atoms with Gasteiger partial charge in [-0.2, -0.15) is 31.4 Å². The Balaban J connectivity index is 1.31. The molecule has 4 aromatic carbocycles. The minimum absolute atomic E-state index is 0.0742. The molecule has 4 aliphatic rings. The fourth-order valence-electron chi connectivity index (χ4n) is 9.40. The molecule has 9 nitrogen and oxygen atoms in total. The number of nitrogens with zero attached hydrogens (tertiary/aromatic N) is 2. The van der Waals surface area contributed by atoms with Crippen LogP contribution in [-0.4, -0.2) is 40.9 Å². The van der Waals surface area contributed by atoms with Crippen LogP contribution in [0.3, 0.4) is 0 Å². The summed E-state index contributed by atoms with van der Waals surface area (Å²) in [5.41, 5.74) is -1.36. The van der Waals surface area contributed by atoms with Crippen molar-refractivity contribution in [3.8, 4) is 11.5 Å². The maximum Gasteiger partial charge on any atom is 0.416 e. The van der Waals surface area contributed by atoms with E-state index in [1.807, 2.05) is 0 Å². The Morgan fingerprint density at radius 3 is 2.07 bits per heavy atom. The number of carbonyl (C=O) groups excluding carboxylic acids is 4. The van der Waals surface area contributed by atoms with E-state index in [2.05, 4.69) is 5.43 Å². The van der Waals surface area contributed by atoms with E-state index in [0.717, 1.165) is 5.01 Å². The van der Waals surface area contributed by atoms with E-state index in [4.69, 9.17) is 27.9 Å². The molecule has 0 unspecified atom stereocenters. The molecule has 2 aliphatic carbocycles. The Hall–Kier alpha value is -5.54. The summed E-state index contributed by atoms with van der Waals surface area (Å²) in [6.07, 6.45) is -9.22. The van der Waals surface area contributed by atoms with Gasteiger partial charge >= 0.3 is 12.4 Å². The second kappa shape index (κ2) is 14.0. The number of halogens is 8. The number of hydrogen-bond acceptors (Lipinski definition) is 7. The van der Waals surface area contributed by atoms with Gasteiger partial charge in [-0.1, -0.05) is 59.1 Å². The first-order chi connectivity index (χ1) is 27.8. The van der Waals surface area contributed by atoms with E-state index in [1.165, 1.54) is 31.4 Å². The van der Waals surface area contributed by atoms with Crippen molar-refractivity contribution < 1.29 is 55.4 Å². The summed E-state index contributed by atoms with van der Waals surface area (Å²) >= 11 is 12.6. The number of allylic oxidation sites excluding steroid dienone is 2. The smallest absolute Gasteiger partial charge is 0.416 e. The van der Waals surface area contributed by atoms with Crippen molar-refractivity contribution in [1.29, 1.82) is 0 Å². The first kappa shape index (κ1) is 40.2.